The zero-order valence-electron chi connectivity index (χ0n) is 34.2. The number of hydrogen-bond donors (Lipinski definition) is 0. The van der Waals surface area contributed by atoms with E-state index in [0.717, 1.165) is 21.2 Å². The summed E-state index contributed by atoms with van der Waals surface area (Å²) in [6, 6.07) is 29.4. The maximum absolute atomic E-state index is 14.6. The topological polar surface area (TPSA) is 48.1 Å². The molecule has 4 aromatic carbocycles. The minimum absolute atomic E-state index is 0.00714. The van der Waals surface area contributed by atoms with Gasteiger partial charge in [0.05, 0.1) is 5.71 Å². The first-order valence-corrected chi connectivity index (χ1v) is 19.1. The van der Waals surface area contributed by atoms with Crippen LogP contribution in [0.25, 0.3) is 22.4 Å². The van der Waals surface area contributed by atoms with Crippen molar-refractivity contribution in [3.63, 3.8) is 0 Å². The van der Waals surface area contributed by atoms with Crippen LogP contribution in [0.1, 0.15) is 74.9 Å². The zero-order chi connectivity index (χ0) is 44.9. The molecule has 322 valence electrons. The average molecular weight is 858 g/mol. The third-order valence-electron chi connectivity index (χ3n) is 10.2. The number of aromatic nitrogens is 1. The number of hydrogen-bond acceptors (Lipinski definition) is 3. The molecular weight excluding hydrogens is 815 g/mol. The molecule has 5 aromatic rings. The average Bonchev–Trinajstić information content (AvgIpc) is 3.72. The van der Waals surface area contributed by atoms with Gasteiger partial charge in [-0.3, -0.25) is 0 Å². The Kier molecular flexibility index (Phi) is 12.1. The van der Waals surface area contributed by atoms with Crippen molar-refractivity contribution in [2.45, 2.75) is 83.5 Å². The molecule has 5 nitrogen and oxygen atoms in total. The lowest BCUT2D eigenvalue weighted by molar-refractivity contribution is -0.295. The van der Waals surface area contributed by atoms with Crippen LogP contribution in [0, 0.1) is 6.92 Å². The Morgan fingerprint density at radius 1 is 0.557 bits per heavy atom. The van der Waals surface area contributed by atoms with Gasteiger partial charge in [-0.2, -0.15) is 43.9 Å². The third-order valence-corrected chi connectivity index (χ3v) is 10.2. The summed E-state index contributed by atoms with van der Waals surface area (Å²) in [5.41, 5.74) is 4.97. The van der Waals surface area contributed by atoms with Crippen molar-refractivity contribution in [3.05, 3.63) is 137 Å². The summed E-state index contributed by atoms with van der Waals surface area (Å²) in [6.45, 7) is 8.60. The van der Waals surface area contributed by atoms with E-state index < -0.39 is 44.7 Å². The Morgan fingerprint density at radius 2 is 1.00 bits per heavy atom. The monoisotopic (exact) mass is 857 g/mol. The Balaban J connectivity index is 1.68. The first-order chi connectivity index (χ1) is 28.2. The normalized spacial score (nSPS) is 14.7. The minimum Gasteiger partial charge on any atom is -0.385 e. The molecule has 1 aliphatic rings. The van der Waals surface area contributed by atoms with Gasteiger partial charge >= 0.3 is 31.5 Å². The number of aryl methyl sites for hydroxylation is 1. The van der Waals surface area contributed by atoms with Crippen molar-refractivity contribution in [3.8, 4) is 22.4 Å². The van der Waals surface area contributed by atoms with Gasteiger partial charge in [0.1, 0.15) is 19.0 Å². The van der Waals surface area contributed by atoms with Gasteiger partial charge in [-0.05, 0) is 46.1 Å². The second kappa shape index (κ2) is 16.2. The quantitative estimate of drug-likeness (QED) is 0.0981. The van der Waals surface area contributed by atoms with Crippen molar-refractivity contribution in [1.29, 1.82) is 0 Å². The SMILES string of the molecule is Cc1ccc(C2=NC(=Nc3c(-c4ccc(C(C)(C)C)cc4)cc(-c4ccc(C(C)(C)C)cc4)n3B(OCC(F)(F)C(F)(F)F)OCC(F)(F)C(F)(F)F)c3ccccc32)cc1. The second-order valence-electron chi connectivity index (χ2n) is 16.9. The molecule has 16 heteroatoms. The molecule has 0 spiro atoms. The number of alkyl halides is 10. The predicted octanol–water partition coefficient (Wildman–Crippen LogP) is 12.9. The van der Waals surface area contributed by atoms with Gasteiger partial charge < -0.3 is 13.8 Å². The number of amidine groups is 1. The van der Waals surface area contributed by atoms with Crippen LogP contribution in [0.2, 0.25) is 0 Å². The molecule has 0 amide bonds. The molecule has 0 N–H and O–H groups in total. The van der Waals surface area contributed by atoms with E-state index in [1.165, 1.54) is 6.07 Å². The maximum atomic E-state index is 14.6. The Hall–Kier alpha value is -5.22. The maximum Gasteiger partial charge on any atom is 0.599 e. The van der Waals surface area contributed by atoms with E-state index in [1.807, 2.05) is 72.7 Å². The van der Waals surface area contributed by atoms with E-state index in [0.29, 0.717) is 28.0 Å². The van der Waals surface area contributed by atoms with E-state index in [-0.39, 0.29) is 39.3 Å². The van der Waals surface area contributed by atoms with Crippen LogP contribution < -0.4 is 0 Å². The van der Waals surface area contributed by atoms with Gasteiger partial charge in [-0.15, -0.1) is 0 Å². The Labute approximate surface area is 347 Å². The first-order valence-electron chi connectivity index (χ1n) is 19.1. The molecule has 0 radical (unpaired) electrons. The fourth-order valence-electron chi connectivity index (χ4n) is 6.51. The molecule has 61 heavy (non-hydrogen) atoms. The van der Waals surface area contributed by atoms with Gasteiger partial charge in [0.15, 0.2) is 5.84 Å². The minimum atomic E-state index is -6.19. The van der Waals surface area contributed by atoms with Crippen molar-refractivity contribution < 1.29 is 53.2 Å². The van der Waals surface area contributed by atoms with Crippen LogP contribution in [-0.4, -0.2) is 60.7 Å². The summed E-state index contributed by atoms with van der Waals surface area (Å²) in [6.07, 6.45) is -12.4. The number of halogens is 10. The summed E-state index contributed by atoms with van der Waals surface area (Å²) >= 11 is 0. The smallest absolute Gasteiger partial charge is 0.385 e. The second-order valence-corrected chi connectivity index (χ2v) is 16.9. The van der Waals surface area contributed by atoms with Crippen LogP contribution >= 0.6 is 0 Å². The number of fused-ring (bicyclic) bond motifs is 1. The van der Waals surface area contributed by atoms with Gasteiger partial charge in [-0.1, -0.05) is 144 Å². The number of aliphatic imine (C=N–C) groups is 2. The lowest BCUT2D eigenvalue weighted by atomic mass is 9.86. The summed E-state index contributed by atoms with van der Waals surface area (Å²) in [4.78, 5) is 9.69. The molecule has 1 aromatic heterocycles. The molecule has 1 aliphatic heterocycles. The third kappa shape index (κ3) is 9.65. The van der Waals surface area contributed by atoms with E-state index >= 15 is 0 Å². The van der Waals surface area contributed by atoms with Crippen LogP contribution in [0.15, 0.2) is 113 Å². The molecule has 0 saturated carbocycles. The highest BCUT2D eigenvalue weighted by Gasteiger charge is 2.60. The van der Waals surface area contributed by atoms with Gasteiger partial charge in [0.2, 0.25) is 0 Å². The van der Waals surface area contributed by atoms with Gasteiger partial charge in [0.25, 0.3) is 0 Å². The van der Waals surface area contributed by atoms with Crippen LogP contribution in [0.4, 0.5) is 49.7 Å². The lowest BCUT2D eigenvalue weighted by Gasteiger charge is -2.26. The summed E-state index contributed by atoms with van der Waals surface area (Å²) in [5, 5.41) is 0. The molecule has 0 bridgehead atoms. The van der Waals surface area contributed by atoms with Crippen molar-refractivity contribution >= 4 is 24.6 Å². The molecular formula is C45H42BF10N3O2. The van der Waals surface area contributed by atoms with Crippen molar-refractivity contribution in [1.82, 2.24) is 4.48 Å². The molecule has 0 fully saturated rings. The fraction of sp³-hybridized carbons (Fsp3) is 0.333. The first kappa shape index (κ1) is 45.3. The van der Waals surface area contributed by atoms with Crippen LogP contribution in [0.3, 0.4) is 0 Å². The number of rotatable bonds is 11. The van der Waals surface area contributed by atoms with E-state index in [4.69, 9.17) is 19.3 Å². The van der Waals surface area contributed by atoms with E-state index in [2.05, 4.69) is 0 Å². The van der Waals surface area contributed by atoms with Crippen molar-refractivity contribution in [2.24, 2.45) is 9.98 Å². The van der Waals surface area contributed by atoms with Crippen molar-refractivity contribution in [2.75, 3.05) is 13.2 Å². The van der Waals surface area contributed by atoms with Gasteiger partial charge in [-0.25, -0.2) is 9.98 Å². The van der Waals surface area contributed by atoms with Crippen LogP contribution in [-0.2, 0) is 20.1 Å². The summed E-state index contributed by atoms with van der Waals surface area (Å²) in [7, 11) is -2.77. The van der Waals surface area contributed by atoms with E-state index in [1.54, 1.807) is 72.8 Å². The molecule has 0 saturated heterocycles. The highest BCUT2D eigenvalue weighted by molar-refractivity contribution is 6.44. The van der Waals surface area contributed by atoms with Gasteiger partial charge in [0, 0.05) is 27.9 Å². The predicted molar refractivity (Wildman–Crippen MR) is 217 cm³/mol. The largest absolute Gasteiger partial charge is 0.599 e. The fourth-order valence-corrected chi connectivity index (χ4v) is 6.51. The Morgan fingerprint density at radius 3 is 1.46 bits per heavy atom. The van der Waals surface area contributed by atoms with E-state index in [9.17, 15) is 43.9 Å². The summed E-state index contributed by atoms with van der Waals surface area (Å²) < 4.78 is 150. The molecule has 0 atom stereocenters. The van der Waals surface area contributed by atoms with Crippen LogP contribution in [0.5, 0.6) is 0 Å². The molecule has 0 aliphatic carbocycles. The molecule has 6 rings (SSSR count). The zero-order valence-corrected chi connectivity index (χ0v) is 34.2. The Bertz CT molecular complexity index is 2390. The highest BCUT2D eigenvalue weighted by atomic mass is 19.4. The lowest BCUT2D eigenvalue weighted by Crippen LogP contribution is -2.47. The molecule has 0 unspecified atom stereocenters. The standard InChI is InChI=1S/C45H42BF10N3O2/c1-27-12-14-30(15-13-27)37-33-10-8-9-11-34(33)38(57-37)58-39-35(28-16-20-31(21-17-28)40(2,3)4)24-36(29-18-22-32(23-19-29)41(5,6)7)59(39)46(60-25-42(47,48)44(51,52)53)61-26-43(49,50)45(54,55)56/h8-24H,25-26H2,1-7H3. The highest BCUT2D eigenvalue weighted by Crippen LogP contribution is 2.43. The molecule has 2 heterocycles. The number of nitrogens with zero attached hydrogens (tertiary/aromatic N) is 3. The number of benzene rings is 4. The summed E-state index contributed by atoms with van der Waals surface area (Å²) in [5.74, 6) is -11.5.